The second kappa shape index (κ2) is 4.91. The van der Waals surface area contributed by atoms with E-state index in [2.05, 4.69) is 46.4 Å². The fraction of sp³-hybridized carbons (Fsp3) is 0.556. The Morgan fingerprint density at radius 2 is 2.06 bits per heavy atom. The minimum Gasteiger partial charge on any atom is -0.100 e. The van der Waals surface area contributed by atoms with E-state index in [1.807, 2.05) is 0 Å². The summed E-state index contributed by atoms with van der Waals surface area (Å²) in [6, 6.07) is 4.69. The monoisotopic (exact) mass is 242 g/mol. The largest absolute Gasteiger partial charge is 0.100 e. The van der Waals surface area contributed by atoms with Gasteiger partial charge >= 0.3 is 0 Å². The van der Waals surface area contributed by atoms with Crippen LogP contribution in [0.1, 0.15) is 62.3 Å². The number of benzene rings is 1. The van der Waals surface area contributed by atoms with Crippen molar-refractivity contribution >= 4 is 0 Å². The number of allylic oxidation sites excluding steroid dienone is 1. The number of hydrogen-bond donors (Lipinski definition) is 0. The van der Waals surface area contributed by atoms with Gasteiger partial charge in [-0.05, 0) is 73.6 Å². The molecule has 1 aliphatic carbocycles. The van der Waals surface area contributed by atoms with E-state index < -0.39 is 0 Å². The minimum absolute atomic E-state index is 0.360. The number of rotatable bonds is 3. The topological polar surface area (TPSA) is 0 Å². The lowest BCUT2D eigenvalue weighted by molar-refractivity contribution is 0.430. The van der Waals surface area contributed by atoms with E-state index in [9.17, 15) is 0 Å². The van der Waals surface area contributed by atoms with E-state index >= 15 is 0 Å². The van der Waals surface area contributed by atoms with Gasteiger partial charge in [-0.1, -0.05) is 31.6 Å². The van der Waals surface area contributed by atoms with Crippen molar-refractivity contribution in [2.45, 2.75) is 65.2 Å². The summed E-state index contributed by atoms with van der Waals surface area (Å²) >= 11 is 0. The molecule has 18 heavy (non-hydrogen) atoms. The Labute approximate surface area is 112 Å². The number of fused-ring (bicyclic) bond motifs is 1. The van der Waals surface area contributed by atoms with Crippen LogP contribution >= 0.6 is 0 Å². The maximum Gasteiger partial charge on any atom is -0.0101 e. The Morgan fingerprint density at radius 1 is 1.33 bits per heavy atom. The fourth-order valence-corrected chi connectivity index (χ4v) is 3.26. The van der Waals surface area contributed by atoms with Gasteiger partial charge in [0.2, 0.25) is 0 Å². The highest BCUT2D eigenvalue weighted by Gasteiger charge is 2.28. The zero-order valence-corrected chi connectivity index (χ0v) is 12.4. The van der Waals surface area contributed by atoms with Gasteiger partial charge in [-0.3, -0.25) is 0 Å². The van der Waals surface area contributed by atoms with Gasteiger partial charge in [-0.15, -0.1) is 6.58 Å². The molecule has 0 saturated carbocycles. The summed E-state index contributed by atoms with van der Waals surface area (Å²) in [6.45, 7) is 13.2. The average molecular weight is 242 g/mol. The second-order valence-corrected chi connectivity index (χ2v) is 6.58. The first-order valence-corrected chi connectivity index (χ1v) is 7.18. The molecular formula is C18H26. The quantitative estimate of drug-likeness (QED) is 0.645. The molecule has 0 heteroatoms. The van der Waals surface area contributed by atoms with Crippen LogP contribution in [0, 0.1) is 6.92 Å². The molecule has 0 atom stereocenters. The highest BCUT2D eigenvalue weighted by atomic mass is 14.3. The van der Waals surface area contributed by atoms with Crippen molar-refractivity contribution in [3.63, 3.8) is 0 Å². The van der Waals surface area contributed by atoms with Crippen LogP contribution in [-0.2, 0) is 18.3 Å². The molecule has 0 spiro atoms. The zero-order valence-electron chi connectivity index (χ0n) is 12.4. The Morgan fingerprint density at radius 3 is 2.72 bits per heavy atom. The van der Waals surface area contributed by atoms with Crippen LogP contribution in [0.3, 0.4) is 0 Å². The van der Waals surface area contributed by atoms with Gasteiger partial charge in [0.1, 0.15) is 0 Å². The molecule has 0 fully saturated rings. The van der Waals surface area contributed by atoms with Gasteiger partial charge < -0.3 is 0 Å². The SMILES string of the molecule is C=C(C)CCc1c(C)ccc2c1CCCC2(C)C. The first-order valence-electron chi connectivity index (χ1n) is 7.18. The lowest BCUT2D eigenvalue weighted by Gasteiger charge is -2.34. The fourth-order valence-electron chi connectivity index (χ4n) is 3.26. The Hall–Kier alpha value is -1.04. The van der Waals surface area contributed by atoms with Crippen LogP contribution in [0.2, 0.25) is 0 Å². The minimum atomic E-state index is 0.360. The summed E-state index contributed by atoms with van der Waals surface area (Å²) in [4.78, 5) is 0. The standard InChI is InChI=1S/C18H26/c1-13(2)8-10-15-14(3)9-11-17-16(15)7-6-12-18(17,4)5/h9,11H,1,6-8,10,12H2,2-5H3. The van der Waals surface area contributed by atoms with Crippen LogP contribution in [0.4, 0.5) is 0 Å². The van der Waals surface area contributed by atoms with E-state index in [4.69, 9.17) is 0 Å². The van der Waals surface area contributed by atoms with E-state index in [1.165, 1.54) is 36.8 Å². The first kappa shape index (κ1) is 13.4. The van der Waals surface area contributed by atoms with Crippen LogP contribution in [-0.4, -0.2) is 0 Å². The molecule has 0 bridgehead atoms. The molecular weight excluding hydrogens is 216 g/mol. The summed E-state index contributed by atoms with van der Waals surface area (Å²) in [5, 5.41) is 0. The third-order valence-electron chi connectivity index (χ3n) is 4.42. The van der Waals surface area contributed by atoms with Crippen LogP contribution in [0.25, 0.3) is 0 Å². The zero-order chi connectivity index (χ0) is 13.3. The highest BCUT2D eigenvalue weighted by molar-refractivity contribution is 5.45. The van der Waals surface area contributed by atoms with Crippen molar-refractivity contribution in [1.29, 1.82) is 0 Å². The molecule has 1 aromatic carbocycles. The van der Waals surface area contributed by atoms with Crippen LogP contribution < -0.4 is 0 Å². The third-order valence-corrected chi connectivity index (χ3v) is 4.42. The molecule has 0 heterocycles. The van der Waals surface area contributed by atoms with Crippen molar-refractivity contribution in [2.75, 3.05) is 0 Å². The van der Waals surface area contributed by atoms with Gasteiger partial charge in [0.25, 0.3) is 0 Å². The smallest absolute Gasteiger partial charge is 0.0101 e. The van der Waals surface area contributed by atoms with E-state index in [-0.39, 0.29) is 0 Å². The Bertz CT molecular complexity index is 463. The molecule has 1 aliphatic rings. The van der Waals surface area contributed by atoms with Crippen molar-refractivity contribution in [3.05, 3.63) is 46.5 Å². The molecule has 98 valence electrons. The molecule has 0 amide bonds. The molecule has 0 aliphatic heterocycles. The van der Waals surface area contributed by atoms with Gasteiger partial charge in [0, 0.05) is 0 Å². The first-order chi connectivity index (χ1) is 8.42. The van der Waals surface area contributed by atoms with Crippen molar-refractivity contribution < 1.29 is 0 Å². The second-order valence-electron chi connectivity index (χ2n) is 6.58. The van der Waals surface area contributed by atoms with Gasteiger partial charge in [-0.2, -0.15) is 0 Å². The summed E-state index contributed by atoms with van der Waals surface area (Å²) in [5.41, 5.74) is 7.96. The maximum absolute atomic E-state index is 4.04. The van der Waals surface area contributed by atoms with Crippen molar-refractivity contribution in [2.24, 2.45) is 0 Å². The Balaban J connectivity index is 2.43. The van der Waals surface area contributed by atoms with E-state index in [0.717, 1.165) is 6.42 Å². The molecule has 0 nitrogen and oxygen atoms in total. The molecule has 0 aromatic heterocycles. The van der Waals surface area contributed by atoms with Gasteiger partial charge in [0.05, 0.1) is 0 Å². The lowest BCUT2D eigenvalue weighted by Crippen LogP contribution is -2.25. The third kappa shape index (κ3) is 2.53. The normalized spacial score (nSPS) is 17.3. The molecule has 0 N–H and O–H groups in total. The molecule has 2 rings (SSSR count). The highest BCUT2D eigenvalue weighted by Crippen LogP contribution is 2.39. The Kier molecular flexibility index (Phi) is 3.66. The molecule has 0 unspecified atom stereocenters. The van der Waals surface area contributed by atoms with Crippen LogP contribution in [0.5, 0.6) is 0 Å². The van der Waals surface area contributed by atoms with Gasteiger partial charge in [0.15, 0.2) is 0 Å². The molecule has 0 saturated heterocycles. The lowest BCUT2D eigenvalue weighted by atomic mass is 9.70. The molecule has 0 radical (unpaired) electrons. The number of aryl methyl sites for hydroxylation is 1. The average Bonchev–Trinajstić information content (AvgIpc) is 2.26. The predicted molar refractivity (Wildman–Crippen MR) is 80.3 cm³/mol. The van der Waals surface area contributed by atoms with E-state index in [1.54, 1.807) is 16.7 Å². The van der Waals surface area contributed by atoms with Crippen molar-refractivity contribution in [3.8, 4) is 0 Å². The maximum atomic E-state index is 4.04. The van der Waals surface area contributed by atoms with Gasteiger partial charge in [-0.25, -0.2) is 0 Å². The summed E-state index contributed by atoms with van der Waals surface area (Å²) < 4.78 is 0. The van der Waals surface area contributed by atoms with Crippen molar-refractivity contribution in [1.82, 2.24) is 0 Å². The van der Waals surface area contributed by atoms with Crippen LogP contribution in [0.15, 0.2) is 24.3 Å². The summed E-state index contributed by atoms with van der Waals surface area (Å²) in [6.07, 6.45) is 6.22. The predicted octanol–water partition coefficient (Wildman–Crippen LogP) is 5.12. The summed E-state index contributed by atoms with van der Waals surface area (Å²) in [5.74, 6) is 0. The number of hydrogen-bond acceptors (Lipinski definition) is 0. The van der Waals surface area contributed by atoms with E-state index in [0.29, 0.717) is 5.41 Å². The summed E-state index contributed by atoms with van der Waals surface area (Å²) in [7, 11) is 0. The molecule has 1 aromatic rings.